The normalized spacial score (nSPS) is 34.2. The topological polar surface area (TPSA) is 70.6 Å². The highest BCUT2D eigenvalue weighted by Crippen LogP contribution is 2.32. The fraction of sp³-hybridized carbons (Fsp3) is 0.933. The standard InChI is InChI=1S/C15H29N3O/c1-12-6-5-9-15(19,10-12)11-17-14(16)18-13-7-3-2-4-8-13/h12-13,19H,2-11H2,1H3,(H3,16,17,18). The number of aliphatic hydroxyl groups is 1. The van der Waals surface area contributed by atoms with E-state index < -0.39 is 5.60 Å². The van der Waals surface area contributed by atoms with Crippen molar-refractivity contribution in [2.24, 2.45) is 16.6 Å². The molecule has 4 N–H and O–H groups in total. The maximum Gasteiger partial charge on any atom is 0.188 e. The predicted molar refractivity (Wildman–Crippen MR) is 79.1 cm³/mol. The first-order chi connectivity index (χ1) is 9.07. The van der Waals surface area contributed by atoms with Gasteiger partial charge in [-0.1, -0.05) is 39.0 Å². The summed E-state index contributed by atoms with van der Waals surface area (Å²) in [5.41, 5.74) is 5.31. The van der Waals surface area contributed by atoms with Gasteiger partial charge in [0.25, 0.3) is 0 Å². The molecule has 0 aromatic rings. The molecule has 2 saturated carbocycles. The fourth-order valence-corrected chi connectivity index (χ4v) is 3.51. The SMILES string of the molecule is CC1CCCC(O)(CN=C(N)NC2CCCCC2)C1. The molecule has 4 nitrogen and oxygen atoms in total. The van der Waals surface area contributed by atoms with Gasteiger partial charge in [0.2, 0.25) is 0 Å². The van der Waals surface area contributed by atoms with E-state index in [9.17, 15) is 5.11 Å². The Labute approximate surface area is 116 Å². The third-order valence-electron chi connectivity index (χ3n) is 4.57. The number of nitrogens with one attached hydrogen (secondary N) is 1. The van der Waals surface area contributed by atoms with Crippen LogP contribution in [0.15, 0.2) is 4.99 Å². The van der Waals surface area contributed by atoms with Gasteiger partial charge in [0.15, 0.2) is 5.96 Å². The van der Waals surface area contributed by atoms with Crippen LogP contribution in [0.5, 0.6) is 0 Å². The molecule has 2 atom stereocenters. The van der Waals surface area contributed by atoms with Crippen molar-refractivity contribution in [2.75, 3.05) is 6.54 Å². The second-order valence-electron chi connectivity index (χ2n) is 6.61. The first-order valence-electron chi connectivity index (χ1n) is 7.86. The van der Waals surface area contributed by atoms with Gasteiger partial charge in [-0.05, 0) is 31.6 Å². The third-order valence-corrected chi connectivity index (χ3v) is 4.57. The van der Waals surface area contributed by atoms with Crippen molar-refractivity contribution in [3.63, 3.8) is 0 Å². The van der Waals surface area contributed by atoms with Gasteiger partial charge in [-0.15, -0.1) is 0 Å². The van der Waals surface area contributed by atoms with Gasteiger partial charge in [-0.2, -0.15) is 0 Å². The summed E-state index contributed by atoms with van der Waals surface area (Å²) >= 11 is 0. The lowest BCUT2D eigenvalue weighted by Gasteiger charge is -2.34. The quantitative estimate of drug-likeness (QED) is 0.542. The lowest BCUT2D eigenvalue weighted by molar-refractivity contribution is -0.00408. The van der Waals surface area contributed by atoms with E-state index in [1.54, 1.807) is 0 Å². The summed E-state index contributed by atoms with van der Waals surface area (Å²) in [5, 5.41) is 13.8. The highest BCUT2D eigenvalue weighted by molar-refractivity contribution is 5.78. The van der Waals surface area contributed by atoms with Crippen molar-refractivity contribution in [3.8, 4) is 0 Å². The number of guanidine groups is 1. The molecule has 2 aliphatic carbocycles. The van der Waals surface area contributed by atoms with Crippen molar-refractivity contribution >= 4 is 5.96 Å². The molecule has 0 heterocycles. The van der Waals surface area contributed by atoms with Crippen LogP contribution in [0.2, 0.25) is 0 Å². The van der Waals surface area contributed by atoms with E-state index in [1.165, 1.54) is 38.5 Å². The summed E-state index contributed by atoms with van der Waals surface area (Å²) in [4.78, 5) is 4.38. The Morgan fingerprint density at radius 1 is 1.26 bits per heavy atom. The molecule has 0 aromatic heterocycles. The van der Waals surface area contributed by atoms with Crippen LogP contribution in [0.25, 0.3) is 0 Å². The first kappa shape index (κ1) is 14.6. The molecular formula is C15H29N3O. The van der Waals surface area contributed by atoms with Gasteiger partial charge in [0.1, 0.15) is 0 Å². The molecular weight excluding hydrogens is 238 g/mol. The minimum Gasteiger partial charge on any atom is -0.388 e. The van der Waals surface area contributed by atoms with E-state index in [-0.39, 0.29) is 0 Å². The molecule has 2 aliphatic rings. The van der Waals surface area contributed by atoms with Gasteiger partial charge in [-0.3, -0.25) is 4.99 Å². The van der Waals surface area contributed by atoms with Crippen LogP contribution in [0.4, 0.5) is 0 Å². The van der Waals surface area contributed by atoms with Crippen LogP contribution in [0.3, 0.4) is 0 Å². The Hall–Kier alpha value is -0.770. The Bertz CT molecular complexity index is 313. The predicted octanol–water partition coefficient (Wildman–Crippen LogP) is 2.16. The molecule has 19 heavy (non-hydrogen) atoms. The molecule has 0 amide bonds. The second kappa shape index (κ2) is 6.60. The van der Waals surface area contributed by atoms with E-state index in [0.29, 0.717) is 24.5 Å². The van der Waals surface area contributed by atoms with Crippen LogP contribution in [-0.2, 0) is 0 Å². The van der Waals surface area contributed by atoms with Gasteiger partial charge < -0.3 is 16.2 Å². The number of hydrogen-bond acceptors (Lipinski definition) is 2. The van der Waals surface area contributed by atoms with Crippen LogP contribution in [-0.4, -0.2) is 29.3 Å². The molecule has 4 heteroatoms. The van der Waals surface area contributed by atoms with Crippen LogP contribution in [0.1, 0.15) is 64.7 Å². The van der Waals surface area contributed by atoms with E-state index in [1.807, 2.05) is 0 Å². The van der Waals surface area contributed by atoms with Gasteiger partial charge >= 0.3 is 0 Å². The summed E-state index contributed by atoms with van der Waals surface area (Å²) < 4.78 is 0. The van der Waals surface area contributed by atoms with Crippen molar-refractivity contribution in [3.05, 3.63) is 0 Å². The lowest BCUT2D eigenvalue weighted by Crippen LogP contribution is -2.43. The Morgan fingerprint density at radius 2 is 2.00 bits per heavy atom. The molecule has 2 fully saturated rings. The van der Waals surface area contributed by atoms with Crippen molar-refractivity contribution in [2.45, 2.75) is 76.4 Å². The lowest BCUT2D eigenvalue weighted by atomic mass is 9.79. The molecule has 2 rings (SSSR count). The maximum atomic E-state index is 10.5. The molecule has 0 radical (unpaired) electrons. The third kappa shape index (κ3) is 4.68. The Balaban J connectivity index is 1.79. The highest BCUT2D eigenvalue weighted by Gasteiger charge is 2.32. The zero-order valence-electron chi connectivity index (χ0n) is 12.2. The summed E-state index contributed by atoms with van der Waals surface area (Å²) in [6, 6.07) is 0.484. The van der Waals surface area contributed by atoms with Gasteiger partial charge in [-0.25, -0.2) is 0 Å². The summed E-state index contributed by atoms with van der Waals surface area (Å²) in [5.74, 6) is 1.11. The van der Waals surface area contributed by atoms with E-state index in [2.05, 4.69) is 17.2 Å². The van der Waals surface area contributed by atoms with Crippen molar-refractivity contribution in [1.82, 2.24) is 5.32 Å². The smallest absolute Gasteiger partial charge is 0.188 e. The van der Waals surface area contributed by atoms with Crippen LogP contribution in [0, 0.1) is 5.92 Å². The number of nitrogens with zero attached hydrogens (tertiary/aromatic N) is 1. The maximum absolute atomic E-state index is 10.5. The number of nitrogens with two attached hydrogens (primary N) is 1. The molecule has 0 bridgehead atoms. The zero-order chi connectivity index (χ0) is 13.7. The number of aliphatic imine (C=N–C) groups is 1. The van der Waals surface area contributed by atoms with E-state index >= 15 is 0 Å². The molecule has 0 saturated heterocycles. The number of hydrogen-bond donors (Lipinski definition) is 3. The number of rotatable bonds is 3. The van der Waals surface area contributed by atoms with Crippen LogP contribution < -0.4 is 11.1 Å². The summed E-state index contributed by atoms with van der Waals surface area (Å²) in [6.07, 6.45) is 10.3. The monoisotopic (exact) mass is 267 g/mol. The minimum atomic E-state index is -0.628. The highest BCUT2D eigenvalue weighted by atomic mass is 16.3. The van der Waals surface area contributed by atoms with Gasteiger partial charge in [0, 0.05) is 6.04 Å². The van der Waals surface area contributed by atoms with E-state index in [0.717, 1.165) is 19.3 Å². The molecule has 0 aliphatic heterocycles. The van der Waals surface area contributed by atoms with Crippen molar-refractivity contribution in [1.29, 1.82) is 0 Å². The second-order valence-corrected chi connectivity index (χ2v) is 6.61. The van der Waals surface area contributed by atoms with Gasteiger partial charge in [0.05, 0.1) is 12.1 Å². The minimum absolute atomic E-state index is 0.447. The average Bonchev–Trinajstić information content (AvgIpc) is 2.38. The summed E-state index contributed by atoms with van der Waals surface area (Å²) in [7, 11) is 0. The average molecular weight is 267 g/mol. The Kier molecular flexibility index (Phi) is 5.08. The van der Waals surface area contributed by atoms with Crippen LogP contribution >= 0.6 is 0 Å². The van der Waals surface area contributed by atoms with E-state index in [4.69, 9.17) is 5.73 Å². The zero-order valence-corrected chi connectivity index (χ0v) is 12.2. The fourth-order valence-electron chi connectivity index (χ4n) is 3.51. The molecule has 110 valence electrons. The first-order valence-corrected chi connectivity index (χ1v) is 7.86. The molecule has 0 spiro atoms. The largest absolute Gasteiger partial charge is 0.388 e. The Morgan fingerprint density at radius 3 is 2.68 bits per heavy atom. The van der Waals surface area contributed by atoms with Crippen molar-refractivity contribution < 1.29 is 5.11 Å². The summed E-state index contributed by atoms with van der Waals surface area (Å²) in [6.45, 7) is 2.65. The molecule has 0 aromatic carbocycles. The molecule has 2 unspecified atom stereocenters.